The SMILES string of the molecule is COc1ccc([C@H]2CC(=O)C3=C(C2)Nc2ncnn2[C@@H]3c2ccc(C(C)C)cc2)c(OC)c1. The minimum absolute atomic E-state index is 0.00282. The summed E-state index contributed by atoms with van der Waals surface area (Å²) in [5, 5.41) is 7.83. The van der Waals surface area contributed by atoms with Crippen molar-refractivity contribution in [2.45, 2.75) is 44.6 Å². The smallest absolute Gasteiger partial charge is 0.226 e. The van der Waals surface area contributed by atoms with E-state index in [1.165, 1.54) is 11.9 Å². The molecule has 0 spiro atoms. The minimum Gasteiger partial charge on any atom is -0.497 e. The molecule has 7 nitrogen and oxygen atoms in total. The average molecular weight is 445 g/mol. The van der Waals surface area contributed by atoms with Gasteiger partial charge in [0.2, 0.25) is 5.95 Å². The van der Waals surface area contributed by atoms with Gasteiger partial charge in [-0.05, 0) is 35.1 Å². The second kappa shape index (κ2) is 8.39. The molecule has 2 atom stereocenters. The second-order valence-corrected chi connectivity index (χ2v) is 8.91. The highest BCUT2D eigenvalue weighted by atomic mass is 16.5. The Balaban J connectivity index is 1.55. The van der Waals surface area contributed by atoms with Crippen LogP contribution in [0.1, 0.15) is 61.3 Å². The molecule has 3 aromatic rings. The fraction of sp³-hybridized carbons (Fsp3) is 0.346. The van der Waals surface area contributed by atoms with Crippen LogP contribution in [-0.4, -0.2) is 34.8 Å². The molecule has 1 N–H and O–H groups in total. The summed E-state index contributed by atoms with van der Waals surface area (Å²) in [6.45, 7) is 4.35. The maximum absolute atomic E-state index is 13.6. The standard InChI is InChI=1S/C26H28N4O3/c1-15(2)16-5-7-17(8-6-16)25-24-21(29-26-27-14-28-30(25)26)11-18(12-22(24)31)20-10-9-19(32-3)13-23(20)33-4/h5-10,13-15,18,25H,11-12H2,1-4H3,(H,27,28,29)/t18-,25-/m1/s1. The van der Waals surface area contributed by atoms with Gasteiger partial charge in [-0.2, -0.15) is 10.1 Å². The molecule has 7 heteroatoms. The maximum Gasteiger partial charge on any atom is 0.226 e. The van der Waals surface area contributed by atoms with Gasteiger partial charge in [-0.15, -0.1) is 0 Å². The molecular formula is C26H28N4O3. The molecule has 1 aromatic heterocycles. The summed E-state index contributed by atoms with van der Waals surface area (Å²) < 4.78 is 12.8. The number of ketones is 1. The van der Waals surface area contributed by atoms with Crippen LogP contribution in [0, 0.1) is 0 Å². The number of rotatable bonds is 5. The third-order valence-corrected chi connectivity index (χ3v) is 6.66. The summed E-state index contributed by atoms with van der Waals surface area (Å²) in [5.41, 5.74) is 4.99. The molecule has 1 aliphatic carbocycles. The fourth-order valence-electron chi connectivity index (χ4n) is 4.90. The van der Waals surface area contributed by atoms with Crippen LogP contribution >= 0.6 is 0 Å². The zero-order valence-corrected chi connectivity index (χ0v) is 19.3. The number of nitrogens with zero attached hydrogens (tertiary/aromatic N) is 3. The first-order valence-corrected chi connectivity index (χ1v) is 11.2. The van der Waals surface area contributed by atoms with E-state index >= 15 is 0 Å². The lowest BCUT2D eigenvalue weighted by atomic mass is 9.77. The third kappa shape index (κ3) is 3.67. The predicted octanol–water partition coefficient (Wildman–Crippen LogP) is 4.83. The van der Waals surface area contributed by atoms with Gasteiger partial charge in [0.05, 0.1) is 14.2 Å². The molecule has 0 bridgehead atoms. The maximum atomic E-state index is 13.6. The number of anilines is 1. The number of ether oxygens (including phenoxy) is 2. The first-order valence-electron chi connectivity index (χ1n) is 11.2. The molecule has 170 valence electrons. The van der Waals surface area contributed by atoms with Crippen molar-refractivity contribution in [3.63, 3.8) is 0 Å². The van der Waals surface area contributed by atoms with Crippen molar-refractivity contribution in [3.05, 3.63) is 76.8 Å². The number of Topliss-reactive ketones (excluding diaryl/α,β-unsaturated/α-hetero) is 1. The fourth-order valence-corrected chi connectivity index (χ4v) is 4.90. The Hall–Kier alpha value is -3.61. The second-order valence-electron chi connectivity index (χ2n) is 8.91. The van der Waals surface area contributed by atoms with Crippen molar-refractivity contribution >= 4 is 11.7 Å². The Morgan fingerprint density at radius 3 is 2.55 bits per heavy atom. The van der Waals surface area contributed by atoms with E-state index in [0.29, 0.717) is 24.7 Å². The molecule has 0 unspecified atom stereocenters. The van der Waals surface area contributed by atoms with Gasteiger partial charge in [-0.3, -0.25) is 4.79 Å². The summed E-state index contributed by atoms with van der Waals surface area (Å²) in [6.07, 6.45) is 2.63. The molecule has 0 amide bonds. The number of allylic oxidation sites excluding steroid dienone is 2. The van der Waals surface area contributed by atoms with Gasteiger partial charge < -0.3 is 14.8 Å². The van der Waals surface area contributed by atoms with E-state index in [1.807, 2.05) is 22.9 Å². The molecule has 2 aliphatic rings. The van der Waals surface area contributed by atoms with E-state index in [1.54, 1.807) is 14.2 Å². The number of benzene rings is 2. The van der Waals surface area contributed by atoms with Crippen molar-refractivity contribution in [1.29, 1.82) is 0 Å². The topological polar surface area (TPSA) is 78.3 Å². The zero-order chi connectivity index (χ0) is 23.1. The number of methoxy groups -OCH3 is 2. The van der Waals surface area contributed by atoms with E-state index in [4.69, 9.17) is 9.47 Å². The van der Waals surface area contributed by atoms with Crippen molar-refractivity contribution in [2.24, 2.45) is 0 Å². The van der Waals surface area contributed by atoms with Gasteiger partial charge in [0, 0.05) is 29.7 Å². The highest BCUT2D eigenvalue weighted by molar-refractivity contribution is 6.00. The number of hydrogen-bond acceptors (Lipinski definition) is 6. The quantitative estimate of drug-likeness (QED) is 0.607. The van der Waals surface area contributed by atoms with Gasteiger partial charge in [0.15, 0.2) is 5.78 Å². The normalized spacial score (nSPS) is 19.7. The summed E-state index contributed by atoms with van der Waals surface area (Å²) >= 11 is 0. The Kier molecular flexibility index (Phi) is 5.40. The van der Waals surface area contributed by atoms with Gasteiger partial charge in [0.1, 0.15) is 23.9 Å². The number of carbonyl (C=O) groups is 1. The summed E-state index contributed by atoms with van der Waals surface area (Å²) in [5.74, 6) is 2.68. The third-order valence-electron chi connectivity index (χ3n) is 6.66. The summed E-state index contributed by atoms with van der Waals surface area (Å²) in [6, 6.07) is 14.0. The van der Waals surface area contributed by atoms with Crippen molar-refractivity contribution in [3.8, 4) is 11.5 Å². The van der Waals surface area contributed by atoms with E-state index in [2.05, 4.69) is 53.5 Å². The van der Waals surface area contributed by atoms with E-state index in [9.17, 15) is 4.79 Å². The number of carbonyl (C=O) groups excluding carboxylic acids is 1. The zero-order valence-electron chi connectivity index (χ0n) is 19.3. The molecule has 2 heterocycles. The molecule has 0 fully saturated rings. The molecule has 0 saturated carbocycles. The molecular weight excluding hydrogens is 416 g/mol. The van der Waals surface area contributed by atoms with Crippen molar-refractivity contribution in [1.82, 2.24) is 14.8 Å². The van der Waals surface area contributed by atoms with Gasteiger partial charge in [-0.1, -0.05) is 44.2 Å². The molecule has 33 heavy (non-hydrogen) atoms. The molecule has 1 aliphatic heterocycles. The summed E-state index contributed by atoms with van der Waals surface area (Å²) in [7, 11) is 3.28. The molecule has 0 radical (unpaired) electrons. The number of nitrogens with one attached hydrogen (secondary N) is 1. The van der Waals surface area contributed by atoms with Crippen LogP contribution in [0.15, 0.2) is 60.1 Å². The van der Waals surface area contributed by atoms with Crippen molar-refractivity contribution in [2.75, 3.05) is 19.5 Å². The van der Waals surface area contributed by atoms with E-state index in [-0.39, 0.29) is 17.7 Å². The van der Waals surface area contributed by atoms with Gasteiger partial charge in [-0.25, -0.2) is 4.68 Å². The molecule has 2 aromatic carbocycles. The van der Waals surface area contributed by atoms with Crippen LogP contribution in [0.5, 0.6) is 11.5 Å². The first-order chi connectivity index (χ1) is 16.0. The molecule has 5 rings (SSSR count). The number of fused-ring (bicyclic) bond motifs is 1. The van der Waals surface area contributed by atoms with Crippen LogP contribution in [0.3, 0.4) is 0 Å². The van der Waals surface area contributed by atoms with E-state index in [0.717, 1.165) is 33.9 Å². The lowest BCUT2D eigenvalue weighted by Crippen LogP contribution is -2.33. The lowest BCUT2D eigenvalue weighted by molar-refractivity contribution is -0.116. The van der Waals surface area contributed by atoms with E-state index < -0.39 is 0 Å². The minimum atomic E-state index is -0.286. The van der Waals surface area contributed by atoms with Crippen LogP contribution in [-0.2, 0) is 4.79 Å². The Bertz CT molecular complexity index is 1230. The number of aromatic nitrogens is 3. The highest BCUT2D eigenvalue weighted by Gasteiger charge is 2.39. The Morgan fingerprint density at radius 1 is 1.06 bits per heavy atom. The predicted molar refractivity (Wildman–Crippen MR) is 126 cm³/mol. The van der Waals surface area contributed by atoms with Crippen LogP contribution in [0.2, 0.25) is 0 Å². The average Bonchev–Trinajstić information content (AvgIpc) is 3.30. The monoisotopic (exact) mass is 444 g/mol. The van der Waals surface area contributed by atoms with Crippen molar-refractivity contribution < 1.29 is 14.3 Å². The Labute approximate surface area is 193 Å². The van der Waals surface area contributed by atoms with Crippen LogP contribution < -0.4 is 14.8 Å². The number of hydrogen-bond donors (Lipinski definition) is 1. The molecule has 0 saturated heterocycles. The van der Waals surface area contributed by atoms with Crippen LogP contribution in [0.25, 0.3) is 0 Å². The first kappa shape index (κ1) is 21.2. The van der Waals surface area contributed by atoms with Gasteiger partial charge in [0.25, 0.3) is 0 Å². The lowest BCUT2D eigenvalue weighted by Gasteiger charge is -2.35. The Morgan fingerprint density at radius 2 is 1.85 bits per heavy atom. The highest BCUT2D eigenvalue weighted by Crippen LogP contribution is 2.45. The van der Waals surface area contributed by atoms with Gasteiger partial charge >= 0.3 is 0 Å². The van der Waals surface area contributed by atoms with Crippen LogP contribution in [0.4, 0.5) is 5.95 Å². The largest absolute Gasteiger partial charge is 0.497 e. The summed E-state index contributed by atoms with van der Waals surface area (Å²) in [4.78, 5) is 18.0.